The first-order valence-corrected chi connectivity index (χ1v) is 6.81. The molecule has 0 saturated carbocycles. The maximum absolute atomic E-state index is 5.98. The first-order valence-electron chi connectivity index (χ1n) is 6.81. The third-order valence-electron chi connectivity index (χ3n) is 3.94. The van der Waals surface area contributed by atoms with Crippen LogP contribution in [0.2, 0.25) is 0 Å². The van der Waals surface area contributed by atoms with Crippen molar-refractivity contribution in [3.63, 3.8) is 0 Å². The molecule has 1 aromatic carbocycles. The van der Waals surface area contributed by atoms with Gasteiger partial charge in [-0.1, -0.05) is 18.2 Å². The van der Waals surface area contributed by atoms with Gasteiger partial charge < -0.3 is 9.47 Å². The van der Waals surface area contributed by atoms with Crippen LogP contribution in [-0.4, -0.2) is 24.9 Å². The summed E-state index contributed by atoms with van der Waals surface area (Å²) in [5.41, 5.74) is 4.03. The molecular formula is C15H24N2O2. The van der Waals surface area contributed by atoms with Crippen LogP contribution in [0.5, 0.6) is 5.75 Å². The van der Waals surface area contributed by atoms with E-state index in [1.54, 1.807) is 7.11 Å². The summed E-state index contributed by atoms with van der Waals surface area (Å²) in [6.45, 7) is 4.18. The van der Waals surface area contributed by atoms with Crippen molar-refractivity contribution < 1.29 is 9.47 Å². The smallest absolute Gasteiger partial charge is 0.123 e. The van der Waals surface area contributed by atoms with Gasteiger partial charge in [0.2, 0.25) is 0 Å². The van der Waals surface area contributed by atoms with E-state index >= 15 is 0 Å². The second kappa shape index (κ2) is 5.90. The summed E-state index contributed by atoms with van der Waals surface area (Å²) in [4.78, 5) is 0. The molecule has 1 aliphatic rings. The predicted octanol–water partition coefficient (Wildman–Crippen LogP) is 2.03. The van der Waals surface area contributed by atoms with Gasteiger partial charge in [-0.2, -0.15) is 0 Å². The number of methoxy groups -OCH3 is 1. The van der Waals surface area contributed by atoms with Crippen LogP contribution in [0.4, 0.5) is 0 Å². The van der Waals surface area contributed by atoms with E-state index in [1.165, 1.54) is 5.56 Å². The topological polar surface area (TPSA) is 56.5 Å². The third-order valence-corrected chi connectivity index (χ3v) is 3.94. The number of hydrogen-bond acceptors (Lipinski definition) is 4. The number of fused-ring (bicyclic) bond motifs is 1. The van der Waals surface area contributed by atoms with Crippen molar-refractivity contribution in [2.45, 2.75) is 50.9 Å². The molecule has 0 spiro atoms. The van der Waals surface area contributed by atoms with E-state index in [2.05, 4.69) is 25.3 Å². The lowest BCUT2D eigenvalue weighted by Gasteiger charge is -2.28. The molecule has 2 rings (SSSR count). The van der Waals surface area contributed by atoms with E-state index < -0.39 is 0 Å². The fraction of sp³-hybridized carbons (Fsp3) is 0.600. The first-order chi connectivity index (χ1) is 9.05. The average Bonchev–Trinajstić information content (AvgIpc) is 2.83. The van der Waals surface area contributed by atoms with Gasteiger partial charge in [0.1, 0.15) is 11.9 Å². The van der Waals surface area contributed by atoms with Crippen molar-refractivity contribution in [3.05, 3.63) is 29.8 Å². The van der Waals surface area contributed by atoms with Gasteiger partial charge in [0, 0.05) is 13.5 Å². The Kier molecular flexibility index (Phi) is 4.45. The minimum atomic E-state index is -0.124. The summed E-state index contributed by atoms with van der Waals surface area (Å²) in [7, 11) is 1.74. The summed E-state index contributed by atoms with van der Waals surface area (Å²) >= 11 is 0. The van der Waals surface area contributed by atoms with Crippen molar-refractivity contribution in [3.8, 4) is 5.75 Å². The highest BCUT2D eigenvalue weighted by Crippen LogP contribution is 2.31. The average molecular weight is 264 g/mol. The Morgan fingerprint density at radius 1 is 1.47 bits per heavy atom. The number of nitrogens with one attached hydrogen (secondary N) is 1. The summed E-state index contributed by atoms with van der Waals surface area (Å²) in [6, 6.07) is 8.31. The molecule has 0 fully saturated rings. The van der Waals surface area contributed by atoms with Crippen molar-refractivity contribution in [1.29, 1.82) is 0 Å². The molecule has 1 aliphatic heterocycles. The van der Waals surface area contributed by atoms with E-state index in [9.17, 15) is 0 Å². The van der Waals surface area contributed by atoms with E-state index in [4.69, 9.17) is 15.3 Å². The third kappa shape index (κ3) is 3.47. The molecule has 4 heteroatoms. The van der Waals surface area contributed by atoms with Crippen molar-refractivity contribution in [2.75, 3.05) is 7.11 Å². The number of hydrogen-bond donors (Lipinski definition) is 2. The van der Waals surface area contributed by atoms with Crippen LogP contribution in [0.3, 0.4) is 0 Å². The minimum absolute atomic E-state index is 0.107. The molecule has 3 N–H and O–H groups in total. The summed E-state index contributed by atoms with van der Waals surface area (Å²) in [6.07, 6.45) is 2.89. The monoisotopic (exact) mass is 264 g/mol. The van der Waals surface area contributed by atoms with Crippen molar-refractivity contribution >= 4 is 0 Å². The number of rotatable bonds is 6. The first kappa shape index (κ1) is 14.3. The number of para-hydroxylation sites is 1. The molecule has 1 heterocycles. The van der Waals surface area contributed by atoms with Crippen LogP contribution in [0.15, 0.2) is 24.3 Å². The van der Waals surface area contributed by atoms with E-state index in [1.807, 2.05) is 18.2 Å². The highest BCUT2D eigenvalue weighted by Gasteiger charge is 2.30. The molecule has 2 unspecified atom stereocenters. The lowest BCUT2D eigenvalue weighted by Crippen LogP contribution is -2.47. The zero-order valence-corrected chi connectivity index (χ0v) is 12.0. The van der Waals surface area contributed by atoms with Gasteiger partial charge in [-0.05, 0) is 38.3 Å². The van der Waals surface area contributed by atoms with Gasteiger partial charge in [-0.3, -0.25) is 11.3 Å². The Morgan fingerprint density at radius 3 is 2.84 bits per heavy atom. The molecule has 1 aromatic rings. The number of hydrazine groups is 1. The Labute approximate surface area is 115 Å². The minimum Gasteiger partial charge on any atom is -0.488 e. The van der Waals surface area contributed by atoms with Gasteiger partial charge in [0.25, 0.3) is 0 Å². The van der Waals surface area contributed by atoms with Crippen LogP contribution >= 0.6 is 0 Å². The van der Waals surface area contributed by atoms with Crippen LogP contribution in [0, 0.1) is 0 Å². The van der Waals surface area contributed by atoms with Crippen LogP contribution in [0.25, 0.3) is 0 Å². The zero-order valence-electron chi connectivity index (χ0n) is 12.0. The lowest BCUT2D eigenvalue weighted by atomic mass is 9.95. The quantitative estimate of drug-likeness (QED) is 0.610. The SMILES string of the molecule is COC(C)(C)CCC(NN)C1Cc2ccccc2O1. The van der Waals surface area contributed by atoms with E-state index in [0.717, 1.165) is 25.0 Å². The highest BCUT2D eigenvalue weighted by molar-refractivity contribution is 5.37. The largest absolute Gasteiger partial charge is 0.488 e. The molecule has 0 saturated heterocycles. The summed E-state index contributed by atoms with van der Waals surface area (Å²) in [5, 5.41) is 0. The molecule has 106 valence electrons. The van der Waals surface area contributed by atoms with Gasteiger partial charge in [-0.25, -0.2) is 0 Å². The maximum Gasteiger partial charge on any atom is 0.123 e. The maximum atomic E-state index is 5.98. The Balaban J connectivity index is 1.94. The van der Waals surface area contributed by atoms with Crippen molar-refractivity contribution in [2.24, 2.45) is 5.84 Å². The predicted molar refractivity (Wildman–Crippen MR) is 76.0 cm³/mol. The van der Waals surface area contributed by atoms with Gasteiger partial charge in [0.15, 0.2) is 0 Å². The second-order valence-electron chi connectivity index (χ2n) is 5.74. The molecule has 2 atom stereocenters. The van der Waals surface area contributed by atoms with E-state index in [-0.39, 0.29) is 17.7 Å². The molecule has 0 bridgehead atoms. The molecule has 0 aliphatic carbocycles. The van der Waals surface area contributed by atoms with Gasteiger partial charge >= 0.3 is 0 Å². The fourth-order valence-electron chi connectivity index (χ4n) is 2.42. The molecular weight excluding hydrogens is 240 g/mol. The molecule has 0 aromatic heterocycles. The fourth-order valence-corrected chi connectivity index (χ4v) is 2.42. The van der Waals surface area contributed by atoms with E-state index in [0.29, 0.717) is 0 Å². The number of ether oxygens (including phenoxy) is 2. The summed E-state index contributed by atoms with van der Waals surface area (Å²) in [5.74, 6) is 6.67. The zero-order chi connectivity index (χ0) is 13.9. The van der Waals surface area contributed by atoms with Crippen LogP contribution in [0.1, 0.15) is 32.3 Å². The second-order valence-corrected chi connectivity index (χ2v) is 5.74. The molecule has 4 nitrogen and oxygen atoms in total. The highest BCUT2D eigenvalue weighted by atomic mass is 16.5. The van der Waals surface area contributed by atoms with Crippen LogP contribution in [-0.2, 0) is 11.2 Å². The summed E-state index contributed by atoms with van der Waals surface area (Å²) < 4.78 is 11.4. The number of benzene rings is 1. The lowest BCUT2D eigenvalue weighted by molar-refractivity contribution is 0.00835. The Bertz CT molecular complexity index is 395. The molecule has 19 heavy (non-hydrogen) atoms. The van der Waals surface area contributed by atoms with Gasteiger partial charge in [-0.15, -0.1) is 0 Å². The molecule has 0 radical (unpaired) electrons. The number of nitrogens with two attached hydrogens (primary N) is 1. The standard InChI is InChI=1S/C15H24N2O2/c1-15(2,18-3)9-8-12(17-16)14-10-11-6-4-5-7-13(11)19-14/h4-7,12,14,17H,8-10,16H2,1-3H3. The van der Waals surface area contributed by atoms with Crippen LogP contribution < -0.4 is 16.0 Å². The van der Waals surface area contributed by atoms with Gasteiger partial charge in [0.05, 0.1) is 11.6 Å². The Hall–Kier alpha value is -1.10. The van der Waals surface area contributed by atoms with Crippen molar-refractivity contribution in [1.82, 2.24) is 5.43 Å². The molecule has 0 amide bonds. The normalized spacial score (nSPS) is 19.9. The Morgan fingerprint density at radius 2 is 2.21 bits per heavy atom.